The summed E-state index contributed by atoms with van der Waals surface area (Å²) >= 11 is 0. The van der Waals surface area contributed by atoms with Crippen molar-refractivity contribution in [3.63, 3.8) is 0 Å². The topological polar surface area (TPSA) is 53.9 Å². The van der Waals surface area contributed by atoms with Gasteiger partial charge in [0.2, 0.25) is 0 Å². The van der Waals surface area contributed by atoms with Crippen molar-refractivity contribution in [2.75, 3.05) is 13.2 Å². The highest BCUT2D eigenvalue weighted by molar-refractivity contribution is 5.85. The highest BCUT2D eigenvalue weighted by atomic mass is 16.6. The Kier molecular flexibility index (Phi) is 4.74. The van der Waals surface area contributed by atoms with Crippen LogP contribution >= 0.6 is 0 Å². The van der Waals surface area contributed by atoms with Crippen LogP contribution in [-0.4, -0.2) is 35.6 Å². The number of oxime groups is 1. The fraction of sp³-hybridized carbons (Fsp3) is 0.917. The summed E-state index contributed by atoms with van der Waals surface area (Å²) in [6, 6.07) is 0. The predicted molar refractivity (Wildman–Crippen MR) is 65.5 cm³/mol. The zero-order chi connectivity index (χ0) is 12.2. The van der Waals surface area contributed by atoms with E-state index in [1.54, 1.807) is 0 Å². The first kappa shape index (κ1) is 13.5. The van der Waals surface area contributed by atoms with Gasteiger partial charge in [0.15, 0.2) is 0 Å². The molecule has 0 aromatic heterocycles. The summed E-state index contributed by atoms with van der Waals surface area (Å²) in [7, 11) is 0. The third-order valence-electron chi connectivity index (χ3n) is 2.51. The van der Waals surface area contributed by atoms with Crippen molar-refractivity contribution in [2.24, 2.45) is 11.1 Å². The Bertz CT molecular complexity index is 242. The van der Waals surface area contributed by atoms with Crippen molar-refractivity contribution in [1.82, 2.24) is 5.32 Å². The van der Waals surface area contributed by atoms with E-state index in [0.29, 0.717) is 12.5 Å². The molecule has 0 radical (unpaired) electrons. The molecule has 0 saturated heterocycles. The Morgan fingerprint density at radius 3 is 2.62 bits per heavy atom. The molecule has 2 N–H and O–H groups in total. The van der Waals surface area contributed by atoms with E-state index in [4.69, 9.17) is 4.84 Å². The number of β-amino-alcohol motifs (C(OH)–C–C–N with tert-alkyl or cyclic N) is 1. The second-order valence-electron chi connectivity index (χ2n) is 5.59. The molecule has 0 aromatic rings. The average Bonchev–Trinajstić information content (AvgIpc) is 2.96. The van der Waals surface area contributed by atoms with Gasteiger partial charge in [-0.25, -0.2) is 0 Å². The van der Waals surface area contributed by atoms with Gasteiger partial charge in [-0.1, -0.05) is 5.16 Å². The molecule has 4 nitrogen and oxygen atoms in total. The molecule has 0 spiro atoms. The summed E-state index contributed by atoms with van der Waals surface area (Å²) in [5, 5.41) is 16.8. The van der Waals surface area contributed by atoms with Gasteiger partial charge in [0, 0.05) is 18.0 Å². The molecule has 0 heterocycles. The summed E-state index contributed by atoms with van der Waals surface area (Å²) in [4.78, 5) is 5.12. The third kappa shape index (κ3) is 6.08. The number of nitrogens with zero attached hydrogens (tertiary/aromatic N) is 1. The van der Waals surface area contributed by atoms with Crippen molar-refractivity contribution >= 4 is 5.71 Å². The highest BCUT2D eigenvalue weighted by Crippen LogP contribution is 2.30. The van der Waals surface area contributed by atoms with Crippen LogP contribution in [-0.2, 0) is 4.84 Å². The van der Waals surface area contributed by atoms with Gasteiger partial charge in [-0.15, -0.1) is 0 Å². The Morgan fingerprint density at radius 2 is 2.12 bits per heavy atom. The minimum atomic E-state index is -0.505. The van der Waals surface area contributed by atoms with Crippen LogP contribution in [0, 0.1) is 5.92 Å². The van der Waals surface area contributed by atoms with Gasteiger partial charge in [0.25, 0.3) is 0 Å². The molecule has 1 aliphatic carbocycles. The van der Waals surface area contributed by atoms with Gasteiger partial charge in [-0.05, 0) is 40.5 Å². The molecule has 0 bridgehead atoms. The minimum Gasteiger partial charge on any atom is -0.393 e. The summed E-state index contributed by atoms with van der Waals surface area (Å²) < 4.78 is 0. The quantitative estimate of drug-likeness (QED) is 0.535. The van der Waals surface area contributed by atoms with Crippen LogP contribution in [0.4, 0.5) is 0 Å². The molecule has 1 rings (SSSR count). The van der Waals surface area contributed by atoms with E-state index in [1.807, 2.05) is 6.92 Å². The first-order valence-corrected chi connectivity index (χ1v) is 5.98. The summed E-state index contributed by atoms with van der Waals surface area (Å²) in [5.41, 5.74) is 1.07. The van der Waals surface area contributed by atoms with Crippen LogP contribution in [0.5, 0.6) is 0 Å². The van der Waals surface area contributed by atoms with Gasteiger partial charge in [-0.3, -0.25) is 0 Å². The number of rotatable bonds is 6. The maximum absolute atomic E-state index is 9.62. The van der Waals surface area contributed by atoms with Gasteiger partial charge in [0.05, 0.1) is 5.71 Å². The Hall–Kier alpha value is -0.610. The van der Waals surface area contributed by atoms with Crippen molar-refractivity contribution in [3.05, 3.63) is 0 Å². The molecule has 1 atom stereocenters. The van der Waals surface area contributed by atoms with Crippen molar-refractivity contribution < 1.29 is 9.94 Å². The molecular weight excluding hydrogens is 204 g/mol. The second kappa shape index (κ2) is 5.64. The van der Waals surface area contributed by atoms with E-state index in [2.05, 4.69) is 31.2 Å². The van der Waals surface area contributed by atoms with E-state index in [0.717, 1.165) is 5.71 Å². The predicted octanol–water partition coefficient (Wildman–Crippen LogP) is 1.54. The van der Waals surface area contributed by atoms with Crippen molar-refractivity contribution in [3.8, 4) is 0 Å². The lowest BCUT2D eigenvalue weighted by atomic mass is 10.1. The van der Waals surface area contributed by atoms with Gasteiger partial charge in [0.1, 0.15) is 12.7 Å². The molecular formula is C12H24N2O2. The Balaban J connectivity index is 2.10. The first-order chi connectivity index (χ1) is 7.38. The lowest BCUT2D eigenvalue weighted by Gasteiger charge is -2.22. The Labute approximate surface area is 98.1 Å². The molecule has 1 aliphatic rings. The standard InChI is InChI=1S/C12H24N2O2/c1-9(10-5-6-10)14-16-8-11(15)7-13-12(2,3)4/h10-11,13,15H,5-8H2,1-4H3/b14-9-/t11-/m1/s1. The van der Waals surface area contributed by atoms with Crippen LogP contribution in [0.1, 0.15) is 40.5 Å². The number of aliphatic hydroxyl groups excluding tert-OH is 1. The first-order valence-electron chi connectivity index (χ1n) is 5.98. The SMILES string of the molecule is C/C(=N/OC[C@H](O)CNC(C)(C)C)C1CC1. The summed E-state index contributed by atoms with van der Waals surface area (Å²) in [6.07, 6.45) is 1.95. The summed E-state index contributed by atoms with van der Waals surface area (Å²) in [5.74, 6) is 0.629. The molecule has 1 saturated carbocycles. The van der Waals surface area contributed by atoms with Gasteiger partial charge < -0.3 is 15.3 Å². The Morgan fingerprint density at radius 1 is 1.50 bits per heavy atom. The lowest BCUT2D eigenvalue weighted by molar-refractivity contribution is 0.0368. The fourth-order valence-corrected chi connectivity index (χ4v) is 1.28. The molecule has 4 heteroatoms. The number of hydrogen-bond donors (Lipinski definition) is 2. The average molecular weight is 228 g/mol. The number of aliphatic hydroxyl groups is 1. The monoisotopic (exact) mass is 228 g/mol. The second-order valence-corrected chi connectivity index (χ2v) is 5.59. The molecule has 0 aliphatic heterocycles. The molecule has 16 heavy (non-hydrogen) atoms. The number of hydrogen-bond acceptors (Lipinski definition) is 4. The van der Waals surface area contributed by atoms with Crippen LogP contribution in [0.2, 0.25) is 0 Å². The maximum atomic E-state index is 9.62. The van der Waals surface area contributed by atoms with Crippen molar-refractivity contribution in [2.45, 2.75) is 52.2 Å². The van der Waals surface area contributed by atoms with E-state index in [-0.39, 0.29) is 12.1 Å². The van der Waals surface area contributed by atoms with Crippen LogP contribution in [0.3, 0.4) is 0 Å². The highest BCUT2D eigenvalue weighted by Gasteiger charge is 2.24. The summed E-state index contributed by atoms with van der Waals surface area (Å²) in [6.45, 7) is 8.97. The van der Waals surface area contributed by atoms with E-state index in [9.17, 15) is 5.11 Å². The largest absolute Gasteiger partial charge is 0.393 e. The molecule has 0 unspecified atom stereocenters. The third-order valence-corrected chi connectivity index (χ3v) is 2.51. The molecule has 0 aromatic carbocycles. The van der Waals surface area contributed by atoms with Crippen LogP contribution in [0.25, 0.3) is 0 Å². The lowest BCUT2D eigenvalue weighted by Crippen LogP contribution is -2.42. The van der Waals surface area contributed by atoms with E-state index < -0.39 is 6.10 Å². The molecule has 94 valence electrons. The zero-order valence-corrected chi connectivity index (χ0v) is 10.8. The van der Waals surface area contributed by atoms with Gasteiger partial charge >= 0.3 is 0 Å². The normalized spacial score (nSPS) is 19.7. The fourth-order valence-electron chi connectivity index (χ4n) is 1.28. The van der Waals surface area contributed by atoms with Crippen LogP contribution < -0.4 is 5.32 Å². The van der Waals surface area contributed by atoms with E-state index in [1.165, 1.54) is 12.8 Å². The minimum absolute atomic E-state index is 0.0220. The molecule has 0 amide bonds. The van der Waals surface area contributed by atoms with E-state index >= 15 is 0 Å². The van der Waals surface area contributed by atoms with Crippen LogP contribution in [0.15, 0.2) is 5.16 Å². The smallest absolute Gasteiger partial charge is 0.144 e. The zero-order valence-electron chi connectivity index (χ0n) is 10.8. The number of nitrogens with one attached hydrogen (secondary N) is 1. The molecule has 1 fully saturated rings. The maximum Gasteiger partial charge on any atom is 0.144 e. The van der Waals surface area contributed by atoms with Gasteiger partial charge in [-0.2, -0.15) is 0 Å². The van der Waals surface area contributed by atoms with Crippen molar-refractivity contribution in [1.29, 1.82) is 0 Å².